The van der Waals surface area contributed by atoms with Crippen LogP contribution in [0.3, 0.4) is 0 Å². The Morgan fingerprint density at radius 1 is 1.40 bits per heavy atom. The molecule has 2 atom stereocenters. The van der Waals surface area contributed by atoms with Crippen LogP contribution in [0.1, 0.15) is 19.2 Å². The highest BCUT2D eigenvalue weighted by atomic mass is 16.5. The number of nitrogens with zero attached hydrogens (tertiary/aromatic N) is 4. The number of hydrogen-bond acceptors (Lipinski definition) is 5. The SMILES string of the molecule is CC(NCc1nnnn1-c1ccccc1)C1CCOC1. The Hall–Kier alpha value is -1.79. The normalized spacial score (nSPS) is 20.1. The molecule has 106 valence electrons. The van der Waals surface area contributed by atoms with E-state index >= 15 is 0 Å². The lowest BCUT2D eigenvalue weighted by Gasteiger charge is -2.18. The third-order valence-corrected chi connectivity index (χ3v) is 3.79. The lowest BCUT2D eigenvalue weighted by molar-refractivity contribution is 0.178. The fourth-order valence-electron chi connectivity index (χ4n) is 2.45. The molecule has 0 bridgehead atoms. The summed E-state index contributed by atoms with van der Waals surface area (Å²) in [6, 6.07) is 10.3. The van der Waals surface area contributed by atoms with Gasteiger partial charge in [-0.3, -0.25) is 0 Å². The minimum absolute atomic E-state index is 0.401. The number of nitrogens with one attached hydrogen (secondary N) is 1. The van der Waals surface area contributed by atoms with Crippen molar-refractivity contribution >= 4 is 0 Å². The van der Waals surface area contributed by atoms with E-state index in [0.717, 1.165) is 31.1 Å². The maximum Gasteiger partial charge on any atom is 0.170 e. The predicted molar refractivity (Wildman–Crippen MR) is 74.4 cm³/mol. The second-order valence-electron chi connectivity index (χ2n) is 5.14. The molecular formula is C14H19N5O. The summed E-state index contributed by atoms with van der Waals surface area (Å²) in [4.78, 5) is 0. The Bertz CT molecular complexity index is 536. The zero-order chi connectivity index (χ0) is 13.8. The van der Waals surface area contributed by atoms with Gasteiger partial charge in [0.15, 0.2) is 5.82 Å². The van der Waals surface area contributed by atoms with E-state index in [2.05, 4.69) is 27.8 Å². The van der Waals surface area contributed by atoms with Crippen molar-refractivity contribution in [3.63, 3.8) is 0 Å². The summed E-state index contributed by atoms with van der Waals surface area (Å²) in [5.41, 5.74) is 0.978. The molecule has 1 saturated heterocycles. The van der Waals surface area contributed by atoms with Gasteiger partial charge in [-0.2, -0.15) is 4.68 Å². The molecule has 20 heavy (non-hydrogen) atoms. The zero-order valence-electron chi connectivity index (χ0n) is 11.6. The summed E-state index contributed by atoms with van der Waals surface area (Å²) in [5.74, 6) is 1.40. The van der Waals surface area contributed by atoms with Gasteiger partial charge in [0, 0.05) is 12.6 Å². The molecule has 1 aromatic heterocycles. The van der Waals surface area contributed by atoms with E-state index in [4.69, 9.17) is 4.74 Å². The highest BCUT2D eigenvalue weighted by Gasteiger charge is 2.22. The molecule has 6 heteroatoms. The highest BCUT2D eigenvalue weighted by molar-refractivity contribution is 5.30. The number of aromatic nitrogens is 4. The number of hydrogen-bond donors (Lipinski definition) is 1. The molecule has 2 heterocycles. The van der Waals surface area contributed by atoms with Crippen molar-refractivity contribution in [3.05, 3.63) is 36.2 Å². The number of ether oxygens (including phenoxy) is 1. The van der Waals surface area contributed by atoms with Crippen molar-refractivity contribution in [1.29, 1.82) is 0 Å². The van der Waals surface area contributed by atoms with E-state index in [-0.39, 0.29) is 0 Å². The predicted octanol–water partition coefficient (Wildman–Crippen LogP) is 1.18. The van der Waals surface area contributed by atoms with E-state index in [0.29, 0.717) is 18.5 Å². The molecule has 1 fully saturated rings. The van der Waals surface area contributed by atoms with Crippen molar-refractivity contribution in [1.82, 2.24) is 25.5 Å². The first-order valence-electron chi connectivity index (χ1n) is 6.98. The van der Waals surface area contributed by atoms with Crippen LogP contribution >= 0.6 is 0 Å². The molecule has 0 aliphatic carbocycles. The molecule has 2 aromatic rings. The molecular weight excluding hydrogens is 254 g/mol. The van der Waals surface area contributed by atoms with Crippen LogP contribution in [0.15, 0.2) is 30.3 Å². The number of para-hydroxylation sites is 1. The highest BCUT2D eigenvalue weighted by Crippen LogP contribution is 2.16. The molecule has 0 radical (unpaired) electrons. The molecule has 2 unspecified atom stereocenters. The molecule has 0 spiro atoms. The maximum absolute atomic E-state index is 5.42. The third-order valence-electron chi connectivity index (χ3n) is 3.79. The minimum Gasteiger partial charge on any atom is -0.381 e. The average molecular weight is 273 g/mol. The van der Waals surface area contributed by atoms with Crippen molar-refractivity contribution < 1.29 is 4.74 Å². The van der Waals surface area contributed by atoms with Crippen LogP contribution < -0.4 is 5.32 Å². The average Bonchev–Trinajstić information content (AvgIpc) is 3.17. The van der Waals surface area contributed by atoms with Gasteiger partial charge in [-0.15, -0.1) is 5.10 Å². The second kappa shape index (κ2) is 6.11. The maximum atomic E-state index is 5.42. The van der Waals surface area contributed by atoms with Gasteiger partial charge in [-0.1, -0.05) is 18.2 Å². The third kappa shape index (κ3) is 2.86. The minimum atomic E-state index is 0.401. The molecule has 0 amide bonds. The second-order valence-corrected chi connectivity index (χ2v) is 5.14. The Morgan fingerprint density at radius 3 is 3.00 bits per heavy atom. The Labute approximate surface area is 118 Å². The molecule has 6 nitrogen and oxygen atoms in total. The van der Waals surface area contributed by atoms with Crippen LogP contribution in [0.25, 0.3) is 5.69 Å². The fraction of sp³-hybridized carbons (Fsp3) is 0.500. The molecule has 1 aliphatic rings. The van der Waals surface area contributed by atoms with Crippen LogP contribution in [0.5, 0.6) is 0 Å². The monoisotopic (exact) mass is 273 g/mol. The Kier molecular flexibility index (Phi) is 4.03. The van der Waals surface area contributed by atoms with E-state index in [1.165, 1.54) is 0 Å². The van der Waals surface area contributed by atoms with Gasteiger partial charge in [0.25, 0.3) is 0 Å². The summed E-state index contributed by atoms with van der Waals surface area (Å²) in [6.07, 6.45) is 1.12. The molecule has 1 aromatic carbocycles. The Balaban J connectivity index is 1.65. The van der Waals surface area contributed by atoms with E-state index < -0.39 is 0 Å². The quantitative estimate of drug-likeness (QED) is 0.886. The van der Waals surface area contributed by atoms with E-state index in [1.807, 2.05) is 30.3 Å². The zero-order valence-corrected chi connectivity index (χ0v) is 11.6. The van der Waals surface area contributed by atoms with Gasteiger partial charge in [-0.05, 0) is 41.8 Å². The van der Waals surface area contributed by atoms with Gasteiger partial charge in [0.1, 0.15) is 0 Å². The molecule has 3 rings (SSSR count). The molecule has 0 saturated carbocycles. The number of benzene rings is 1. The lowest BCUT2D eigenvalue weighted by Crippen LogP contribution is -2.34. The molecule has 1 aliphatic heterocycles. The van der Waals surface area contributed by atoms with Gasteiger partial charge >= 0.3 is 0 Å². The summed E-state index contributed by atoms with van der Waals surface area (Å²) in [5, 5.41) is 15.4. The van der Waals surface area contributed by atoms with Gasteiger partial charge in [0.2, 0.25) is 0 Å². The van der Waals surface area contributed by atoms with Crippen molar-refractivity contribution in [2.45, 2.75) is 25.9 Å². The fourth-order valence-corrected chi connectivity index (χ4v) is 2.45. The van der Waals surface area contributed by atoms with Crippen LogP contribution in [0.2, 0.25) is 0 Å². The van der Waals surface area contributed by atoms with E-state index in [1.54, 1.807) is 4.68 Å². The van der Waals surface area contributed by atoms with Crippen LogP contribution in [-0.2, 0) is 11.3 Å². The van der Waals surface area contributed by atoms with Crippen LogP contribution in [0.4, 0.5) is 0 Å². The summed E-state index contributed by atoms with van der Waals surface area (Å²) in [7, 11) is 0. The van der Waals surface area contributed by atoms with Crippen LogP contribution in [0, 0.1) is 5.92 Å². The first-order valence-corrected chi connectivity index (χ1v) is 6.98. The van der Waals surface area contributed by atoms with E-state index in [9.17, 15) is 0 Å². The molecule has 1 N–H and O–H groups in total. The number of rotatable bonds is 5. The van der Waals surface area contributed by atoms with Crippen LogP contribution in [-0.4, -0.2) is 39.5 Å². The standard InChI is InChI=1S/C14H19N5O/c1-11(12-7-8-20-10-12)15-9-14-16-17-18-19(14)13-5-3-2-4-6-13/h2-6,11-12,15H,7-10H2,1H3. The topological polar surface area (TPSA) is 64.9 Å². The van der Waals surface area contributed by atoms with Gasteiger partial charge < -0.3 is 10.1 Å². The van der Waals surface area contributed by atoms with Crippen molar-refractivity contribution in [3.8, 4) is 5.69 Å². The van der Waals surface area contributed by atoms with Gasteiger partial charge in [-0.25, -0.2) is 0 Å². The first-order chi connectivity index (χ1) is 9.84. The van der Waals surface area contributed by atoms with Crippen molar-refractivity contribution in [2.75, 3.05) is 13.2 Å². The van der Waals surface area contributed by atoms with Gasteiger partial charge in [0.05, 0.1) is 18.8 Å². The lowest BCUT2D eigenvalue weighted by atomic mass is 10.0. The van der Waals surface area contributed by atoms with Crippen molar-refractivity contribution in [2.24, 2.45) is 5.92 Å². The largest absolute Gasteiger partial charge is 0.381 e. The summed E-state index contributed by atoms with van der Waals surface area (Å²) < 4.78 is 7.19. The summed E-state index contributed by atoms with van der Waals surface area (Å²) in [6.45, 7) is 4.56. The number of tetrazole rings is 1. The Morgan fingerprint density at radius 2 is 2.25 bits per heavy atom. The summed E-state index contributed by atoms with van der Waals surface area (Å²) >= 11 is 0. The first kappa shape index (κ1) is 13.2. The smallest absolute Gasteiger partial charge is 0.170 e.